The third kappa shape index (κ3) is 2.86. The quantitative estimate of drug-likeness (QED) is 0.844. The number of esters is 1. The highest BCUT2D eigenvalue weighted by atomic mass is 16.5. The molecule has 1 aliphatic heterocycles. The summed E-state index contributed by atoms with van der Waals surface area (Å²) >= 11 is 0. The van der Waals surface area contributed by atoms with E-state index in [2.05, 4.69) is 5.32 Å². The van der Waals surface area contributed by atoms with Gasteiger partial charge < -0.3 is 10.1 Å². The van der Waals surface area contributed by atoms with Crippen LogP contribution in [-0.2, 0) is 16.0 Å². The van der Waals surface area contributed by atoms with Gasteiger partial charge in [0.1, 0.15) is 6.54 Å². The van der Waals surface area contributed by atoms with Crippen LogP contribution in [-0.4, -0.2) is 31.2 Å². The predicted molar refractivity (Wildman–Crippen MR) is 72.1 cm³/mol. The average molecular weight is 262 g/mol. The number of nitrogens with one attached hydrogen (secondary N) is 1. The van der Waals surface area contributed by atoms with Gasteiger partial charge in [0.25, 0.3) is 0 Å². The molecule has 0 unspecified atom stereocenters. The van der Waals surface area contributed by atoms with Gasteiger partial charge in [-0.2, -0.15) is 0 Å². The van der Waals surface area contributed by atoms with Crippen molar-refractivity contribution in [3.63, 3.8) is 0 Å². The Kier molecular flexibility index (Phi) is 4.04. The number of hydrogen-bond acceptors (Lipinski definition) is 3. The van der Waals surface area contributed by atoms with E-state index >= 15 is 0 Å². The van der Waals surface area contributed by atoms with E-state index in [1.807, 2.05) is 31.2 Å². The molecule has 1 aliphatic rings. The fourth-order valence-corrected chi connectivity index (χ4v) is 2.32. The number of amides is 2. The van der Waals surface area contributed by atoms with Crippen LogP contribution < -0.4 is 10.2 Å². The summed E-state index contributed by atoms with van der Waals surface area (Å²) in [5, 5.41) is 2.59. The molecule has 5 nitrogen and oxygen atoms in total. The summed E-state index contributed by atoms with van der Waals surface area (Å²) in [5.74, 6) is -0.420. The standard InChI is InChI=1S/C14H18N2O3/c1-3-19-13(17)9-15-14(18)16-10(2)8-11-6-4-5-7-12(11)16/h4-7,10H,3,8-9H2,1-2H3,(H,15,18)/t10-/m1/s1. The van der Waals surface area contributed by atoms with Gasteiger partial charge in [-0.05, 0) is 31.9 Å². The van der Waals surface area contributed by atoms with E-state index in [0.717, 1.165) is 17.7 Å². The number of fused-ring (bicyclic) bond motifs is 1. The van der Waals surface area contributed by atoms with Crippen molar-refractivity contribution in [2.75, 3.05) is 18.1 Å². The molecule has 2 amide bonds. The first-order chi connectivity index (χ1) is 9.13. The fourth-order valence-electron chi connectivity index (χ4n) is 2.32. The predicted octanol–water partition coefficient (Wildman–Crippen LogP) is 1.71. The highest BCUT2D eigenvalue weighted by molar-refractivity contribution is 5.96. The van der Waals surface area contributed by atoms with Crippen LogP contribution in [0.5, 0.6) is 0 Å². The second kappa shape index (κ2) is 5.73. The molecule has 0 aliphatic carbocycles. The van der Waals surface area contributed by atoms with Gasteiger partial charge in [0.15, 0.2) is 0 Å². The molecule has 1 aromatic carbocycles. The molecular formula is C14H18N2O3. The highest BCUT2D eigenvalue weighted by Crippen LogP contribution is 2.31. The molecule has 102 valence electrons. The van der Waals surface area contributed by atoms with Crippen LogP contribution in [0.15, 0.2) is 24.3 Å². The Hall–Kier alpha value is -2.04. The molecule has 1 heterocycles. The molecule has 2 rings (SSSR count). The largest absolute Gasteiger partial charge is 0.465 e. The summed E-state index contributed by atoms with van der Waals surface area (Å²) in [6.07, 6.45) is 0.836. The third-order valence-corrected chi connectivity index (χ3v) is 3.12. The average Bonchev–Trinajstić information content (AvgIpc) is 2.72. The molecule has 0 fully saturated rings. The maximum absolute atomic E-state index is 12.1. The Morgan fingerprint density at radius 2 is 2.16 bits per heavy atom. The summed E-state index contributed by atoms with van der Waals surface area (Å²) in [4.78, 5) is 25.1. The molecule has 1 N–H and O–H groups in total. The first-order valence-electron chi connectivity index (χ1n) is 6.44. The Labute approximate surface area is 112 Å². The van der Waals surface area contributed by atoms with Crippen molar-refractivity contribution in [1.82, 2.24) is 5.32 Å². The first kappa shape index (κ1) is 13.4. The summed E-state index contributed by atoms with van der Waals surface area (Å²) in [6, 6.07) is 7.64. The smallest absolute Gasteiger partial charge is 0.325 e. The van der Waals surface area contributed by atoms with E-state index in [1.54, 1.807) is 11.8 Å². The van der Waals surface area contributed by atoms with E-state index < -0.39 is 5.97 Å². The van der Waals surface area contributed by atoms with Crippen LogP contribution in [0, 0.1) is 0 Å². The van der Waals surface area contributed by atoms with Crippen LogP contribution in [0.2, 0.25) is 0 Å². The second-order valence-electron chi connectivity index (χ2n) is 4.52. The Morgan fingerprint density at radius 3 is 2.89 bits per heavy atom. The lowest BCUT2D eigenvalue weighted by Gasteiger charge is -2.22. The SMILES string of the molecule is CCOC(=O)CNC(=O)N1c2ccccc2C[C@H]1C. The van der Waals surface area contributed by atoms with E-state index in [9.17, 15) is 9.59 Å². The number of para-hydroxylation sites is 1. The van der Waals surface area contributed by atoms with Gasteiger partial charge in [-0.1, -0.05) is 18.2 Å². The number of urea groups is 1. The molecule has 0 aromatic heterocycles. The van der Waals surface area contributed by atoms with Crippen LogP contribution >= 0.6 is 0 Å². The Bertz CT molecular complexity index is 487. The van der Waals surface area contributed by atoms with Crippen LogP contribution in [0.25, 0.3) is 0 Å². The zero-order valence-corrected chi connectivity index (χ0v) is 11.2. The number of carbonyl (C=O) groups excluding carboxylic acids is 2. The summed E-state index contributed by atoms with van der Waals surface area (Å²) in [7, 11) is 0. The molecule has 0 saturated carbocycles. The number of benzene rings is 1. The molecule has 0 spiro atoms. The minimum atomic E-state index is -0.420. The van der Waals surface area contributed by atoms with Crippen molar-refractivity contribution in [3.05, 3.63) is 29.8 Å². The highest BCUT2D eigenvalue weighted by Gasteiger charge is 2.30. The third-order valence-electron chi connectivity index (χ3n) is 3.12. The van der Waals surface area contributed by atoms with Crippen molar-refractivity contribution in [2.45, 2.75) is 26.3 Å². The fraction of sp³-hybridized carbons (Fsp3) is 0.429. The van der Waals surface area contributed by atoms with Crippen molar-refractivity contribution in [2.24, 2.45) is 0 Å². The van der Waals surface area contributed by atoms with Gasteiger partial charge >= 0.3 is 12.0 Å². The van der Waals surface area contributed by atoms with E-state index in [-0.39, 0.29) is 18.6 Å². The topological polar surface area (TPSA) is 58.6 Å². The lowest BCUT2D eigenvalue weighted by Crippen LogP contribution is -2.45. The number of hydrogen-bond donors (Lipinski definition) is 1. The minimum Gasteiger partial charge on any atom is -0.465 e. The van der Waals surface area contributed by atoms with Crippen molar-refractivity contribution in [1.29, 1.82) is 0 Å². The molecular weight excluding hydrogens is 244 g/mol. The van der Waals surface area contributed by atoms with Gasteiger partial charge in [-0.25, -0.2) is 4.79 Å². The number of rotatable bonds is 3. The van der Waals surface area contributed by atoms with Crippen molar-refractivity contribution in [3.8, 4) is 0 Å². The van der Waals surface area contributed by atoms with Crippen molar-refractivity contribution >= 4 is 17.7 Å². The zero-order valence-electron chi connectivity index (χ0n) is 11.2. The van der Waals surface area contributed by atoms with Gasteiger partial charge in [0.2, 0.25) is 0 Å². The first-order valence-corrected chi connectivity index (χ1v) is 6.44. The normalized spacial score (nSPS) is 16.9. The molecule has 19 heavy (non-hydrogen) atoms. The molecule has 0 saturated heterocycles. The number of ether oxygens (including phenoxy) is 1. The lowest BCUT2D eigenvalue weighted by molar-refractivity contribution is -0.141. The second-order valence-corrected chi connectivity index (χ2v) is 4.52. The molecule has 0 radical (unpaired) electrons. The molecule has 0 bridgehead atoms. The Morgan fingerprint density at radius 1 is 1.42 bits per heavy atom. The maximum Gasteiger partial charge on any atom is 0.325 e. The van der Waals surface area contributed by atoms with E-state index in [0.29, 0.717) is 6.61 Å². The Balaban J connectivity index is 2.01. The maximum atomic E-state index is 12.1. The van der Waals surface area contributed by atoms with Gasteiger partial charge in [0, 0.05) is 11.7 Å². The van der Waals surface area contributed by atoms with Crippen molar-refractivity contribution < 1.29 is 14.3 Å². The van der Waals surface area contributed by atoms with Gasteiger partial charge in [-0.3, -0.25) is 9.69 Å². The summed E-state index contributed by atoms with van der Waals surface area (Å²) < 4.78 is 4.78. The monoisotopic (exact) mass is 262 g/mol. The van der Waals surface area contributed by atoms with Crippen LogP contribution in [0.1, 0.15) is 19.4 Å². The van der Waals surface area contributed by atoms with Crippen LogP contribution in [0.3, 0.4) is 0 Å². The number of carbonyl (C=O) groups is 2. The van der Waals surface area contributed by atoms with E-state index in [4.69, 9.17) is 4.74 Å². The van der Waals surface area contributed by atoms with E-state index in [1.165, 1.54) is 0 Å². The zero-order chi connectivity index (χ0) is 13.8. The summed E-state index contributed by atoms with van der Waals surface area (Å²) in [6.45, 7) is 3.94. The number of nitrogens with zero attached hydrogens (tertiary/aromatic N) is 1. The molecule has 1 atom stereocenters. The van der Waals surface area contributed by atoms with Gasteiger partial charge in [-0.15, -0.1) is 0 Å². The molecule has 1 aromatic rings. The summed E-state index contributed by atoms with van der Waals surface area (Å²) in [5.41, 5.74) is 2.07. The van der Waals surface area contributed by atoms with Gasteiger partial charge in [0.05, 0.1) is 6.61 Å². The van der Waals surface area contributed by atoms with Crippen LogP contribution in [0.4, 0.5) is 10.5 Å². The lowest BCUT2D eigenvalue weighted by atomic mass is 10.1. The number of anilines is 1. The minimum absolute atomic E-state index is 0.0968. The molecule has 5 heteroatoms.